The van der Waals surface area contributed by atoms with Gasteiger partial charge in [-0.3, -0.25) is 0 Å². The lowest BCUT2D eigenvalue weighted by Gasteiger charge is -2.15. The van der Waals surface area contributed by atoms with Gasteiger partial charge in [0.05, 0.1) is 38.7 Å². The normalized spacial score (nSPS) is 13.2. The van der Waals surface area contributed by atoms with Gasteiger partial charge in [-0.15, -0.1) is 0 Å². The monoisotopic (exact) mass is 572 g/mol. The fourth-order valence-corrected chi connectivity index (χ4v) is 5.48. The van der Waals surface area contributed by atoms with Crippen LogP contribution in [0.1, 0.15) is 24.2 Å². The number of halogens is 5. The zero-order valence-corrected chi connectivity index (χ0v) is 21.6. The molecule has 196 valence electrons. The van der Waals surface area contributed by atoms with Crippen LogP contribution in [-0.4, -0.2) is 48.6 Å². The minimum Gasteiger partial charge on any atom is -0.483 e. The van der Waals surface area contributed by atoms with Crippen molar-refractivity contribution >= 4 is 44.1 Å². The molecular formula is C25H21Cl2F3N2O4S. The number of nitrogens with zero attached hydrogens (tertiary/aromatic N) is 1. The summed E-state index contributed by atoms with van der Waals surface area (Å²) in [5, 5.41) is 10.4. The van der Waals surface area contributed by atoms with Crippen molar-refractivity contribution in [2.75, 3.05) is 19.0 Å². The summed E-state index contributed by atoms with van der Waals surface area (Å²) in [6.45, 7) is -0.269. The Labute approximate surface area is 220 Å². The molecule has 0 aliphatic rings. The average Bonchev–Trinajstić information content (AvgIpc) is 3.27. The number of ether oxygens (including phenoxy) is 1. The molecule has 12 heteroatoms. The van der Waals surface area contributed by atoms with Crippen molar-refractivity contribution in [3.05, 3.63) is 76.0 Å². The first kappa shape index (κ1) is 27.3. The highest BCUT2D eigenvalue weighted by atomic mass is 35.5. The number of sulfone groups is 1. The number of aliphatic hydroxyl groups excluding tert-OH is 1. The molecule has 0 radical (unpaired) electrons. The Morgan fingerprint density at radius 3 is 2.41 bits per heavy atom. The second-order valence-electron chi connectivity index (χ2n) is 8.17. The zero-order chi connectivity index (χ0) is 27.0. The predicted octanol–water partition coefficient (Wildman–Crippen LogP) is 6.40. The first-order chi connectivity index (χ1) is 17.4. The maximum Gasteiger partial charge on any atom is 0.422 e. The van der Waals surface area contributed by atoms with Gasteiger partial charge in [-0.2, -0.15) is 13.2 Å². The van der Waals surface area contributed by atoms with E-state index in [1.54, 1.807) is 37.3 Å². The molecule has 4 aromatic rings. The summed E-state index contributed by atoms with van der Waals surface area (Å²) >= 11 is 13.2. The topological polar surface area (TPSA) is 92.3 Å². The van der Waals surface area contributed by atoms with Crippen LogP contribution >= 0.6 is 23.2 Å². The number of aromatic amines is 1. The molecule has 4 rings (SSSR count). The number of benzene rings is 3. The molecular weight excluding hydrogens is 552 g/mol. The SMILES string of the molecule is CCS(=O)(=O)c1ccc(C(CO)c2nc3c(Cl)c(-c4ccccc4OCC(F)(F)F)c(Cl)cc3[nH]2)cc1. The Morgan fingerprint density at radius 2 is 1.78 bits per heavy atom. The standard InChI is InChI=1S/C25H21Cl2F3N2O4S/c1-2-37(34,35)15-9-7-14(8-10-15)17(12-33)24-31-19-11-18(26)21(22(27)23(19)32-24)16-5-3-4-6-20(16)36-13-25(28,29)30/h3-11,17,33H,2,12-13H2,1H3,(H,31,32). The third kappa shape index (κ3) is 5.72. The van der Waals surface area contributed by atoms with Crippen LogP contribution in [0.15, 0.2) is 59.5 Å². The Bertz CT molecular complexity index is 1540. The smallest absolute Gasteiger partial charge is 0.422 e. The van der Waals surface area contributed by atoms with E-state index in [2.05, 4.69) is 9.97 Å². The number of alkyl halides is 3. The number of hydrogen-bond donors (Lipinski definition) is 2. The Morgan fingerprint density at radius 1 is 1.11 bits per heavy atom. The van der Waals surface area contributed by atoms with E-state index in [1.165, 1.54) is 24.3 Å². The fourth-order valence-electron chi connectivity index (χ4n) is 3.89. The molecule has 37 heavy (non-hydrogen) atoms. The molecule has 0 saturated heterocycles. The van der Waals surface area contributed by atoms with Gasteiger partial charge in [-0.1, -0.05) is 60.5 Å². The highest BCUT2D eigenvalue weighted by Crippen LogP contribution is 2.43. The summed E-state index contributed by atoms with van der Waals surface area (Å²) in [4.78, 5) is 7.80. The number of para-hydroxylation sites is 1. The minimum atomic E-state index is -4.53. The lowest BCUT2D eigenvalue weighted by atomic mass is 9.99. The van der Waals surface area contributed by atoms with Gasteiger partial charge in [0, 0.05) is 11.1 Å². The number of aromatic nitrogens is 2. The number of H-pyrrole nitrogens is 1. The average molecular weight is 573 g/mol. The summed E-state index contributed by atoms with van der Waals surface area (Å²) in [5.74, 6) is -0.369. The van der Waals surface area contributed by atoms with Gasteiger partial charge in [-0.05, 0) is 29.8 Å². The lowest BCUT2D eigenvalue weighted by molar-refractivity contribution is -0.153. The highest BCUT2D eigenvalue weighted by molar-refractivity contribution is 7.91. The highest BCUT2D eigenvalue weighted by Gasteiger charge is 2.29. The molecule has 1 aromatic heterocycles. The van der Waals surface area contributed by atoms with Crippen molar-refractivity contribution < 1.29 is 31.4 Å². The molecule has 0 fully saturated rings. The second kappa shape index (κ2) is 10.5. The van der Waals surface area contributed by atoms with Crippen LogP contribution in [0.25, 0.3) is 22.2 Å². The van der Waals surface area contributed by atoms with E-state index in [1.807, 2.05) is 0 Å². The molecule has 1 unspecified atom stereocenters. The maximum absolute atomic E-state index is 12.8. The van der Waals surface area contributed by atoms with E-state index in [4.69, 9.17) is 27.9 Å². The van der Waals surface area contributed by atoms with Gasteiger partial charge in [0.1, 0.15) is 17.1 Å². The Balaban J connectivity index is 1.76. The quantitative estimate of drug-likeness (QED) is 0.255. The summed E-state index contributed by atoms with van der Waals surface area (Å²) in [5.41, 5.74) is 1.88. The first-order valence-electron chi connectivity index (χ1n) is 11.0. The van der Waals surface area contributed by atoms with Crippen molar-refractivity contribution in [1.29, 1.82) is 0 Å². The van der Waals surface area contributed by atoms with Crippen LogP contribution < -0.4 is 4.74 Å². The molecule has 2 N–H and O–H groups in total. The molecule has 6 nitrogen and oxygen atoms in total. The third-order valence-corrected chi connectivity index (χ3v) is 8.19. The van der Waals surface area contributed by atoms with Gasteiger partial charge < -0.3 is 14.8 Å². The lowest BCUT2D eigenvalue weighted by Crippen LogP contribution is -2.19. The minimum absolute atomic E-state index is 0.0364. The maximum atomic E-state index is 12.8. The molecule has 1 heterocycles. The number of nitrogens with one attached hydrogen (secondary N) is 1. The first-order valence-corrected chi connectivity index (χ1v) is 13.5. The Kier molecular flexibility index (Phi) is 7.75. The van der Waals surface area contributed by atoms with Gasteiger partial charge in [-0.25, -0.2) is 13.4 Å². The molecule has 0 saturated carbocycles. The predicted molar refractivity (Wildman–Crippen MR) is 136 cm³/mol. The number of rotatable bonds is 8. The van der Waals surface area contributed by atoms with Crippen LogP contribution in [-0.2, 0) is 9.84 Å². The molecule has 3 aromatic carbocycles. The van der Waals surface area contributed by atoms with E-state index in [-0.39, 0.29) is 44.2 Å². The van der Waals surface area contributed by atoms with E-state index in [0.717, 1.165) is 0 Å². The van der Waals surface area contributed by atoms with E-state index in [0.29, 0.717) is 22.4 Å². The molecule has 1 atom stereocenters. The van der Waals surface area contributed by atoms with Crippen LogP contribution in [0.2, 0.25) is 10.0 Å². The number of fused-ring (bicyclic) bond motifs is 1. The third-order valence-electron chi connectivity index (χ3n) is 5.77. The molecule has 0 aliphatic carbocycles. The molecule has 0 aliphatic heterocycles. The van der Waals surface area contributed by atoms with Gasteiger partial charge in [0.25, 0.3) is 0 Å². The molecule has 0 bridgehead atoms. The summed E-state index contributed by atoms with van der Waals surface area (Å²) in [6, 6.07) is 13.8. The van der Waals surface area contributed by atoms with E-state index in [9.17, 15) is 26.7 Å². The van der Waals surface area contributed by atoms with Crippen LogP contribution in [0.3, 0.4) is 0 Å². The van der Waals surface area contributed by atoms with Crippen molar-refractivity contribution in [1.82, 2.24) is 9.97 Å². The Hall–Kier alpha value is -2.79. The van der Waals surface area contributed by atoms with Crippen molar-refractivity contribution in [3.63, 3.8) is 0 Å². The van der Waals surface area contributed by atoms with Gasteiger partial charge in [0.15, 0.2) is 16.4 Å². The van der Waals surface area contributed by atoms with Crippen LogP contribution in [0.5, 0.6) is 5.75 Å². The van der Waals surface area contributed by atoms with Gasteiger partial charge in [0.2, 0.25) is 0 Å². The number of aliphatic hydroxyl groups is 1. The van der Waals surface area contributed by atoms with Crippen molar-refractivity contribution in [2.24, 2.45) is 0 Å². The summed E-state index contributed by atoms with van der Waals surface area (Å²) in [6.07, 6.45) is -4.53. The summed E-state index contributed by atoms with van der Waals surface area (Å²) < 4.78 is 67.5. The zero-order valence-electron chi connectivity index (χ0n) is 19.3. The fraction of sp³-hybridized carbons (Fsp3) is 0.240. The van der Waals surface area contributed by atoms with E-state index < -0.39 is 28.5 Å². The molecule has 0 amide bonds. The van der Waals surface area contributed by atoms with Crippen molar-refractivity contribution in [2.45, 2.75) is 23.9 Å². The van der Waals surface area contributed by atoms with Gasteiger partial charge >= 0.3 is 6.18 Å². The molecule has 0 spiro atoms. The van der Waals surface area contributed by atoms with Crippen molar-refractivity contribution in [3.8, 4) is 16.9 Å². The number of hydrogen-bond acceptors (Lipinski definition) is 5. The number of imidazole rings is 1. The largest absolute Gasteiger partial charge is 0.483 e. The summed E-state index contributed by atoms with van der Waals surface area (Å²) in [7, 11) is -3.38. The van der Waals surface area contributed by atoms with E-state index >= 15 is 0 Å². The van der Waals surface area contributed by atoms with Crippen LogP contribution in [0, 0.1) is 0 Å². The second-order valence-corrected chi connectivity index (χ2v) is 11.2. The van der Waals surface area contributed by atoms with Crippen LogP contribution in [0.4, 0.5) is 13.2 Å².